The quantitative estimate of drug-likeness (QED) is 0.380. The average molecular weight is 487 g/mol. The third kappa shape index (κ3) is 6.45. The molecule has 190 valence electrons. The molecule has 3 aromatic carbocycles. The summed E-state index contributed by atoms with van der Waals surface area (Å²) in [5.74, 6) is 0.706. The van der Waals surface area contributed by atoms with Crippen molar-refractivity contribution in [2.45, 2.75) is 76.9 Å². The van der Waals surface area contributed by atoms with Crippen LogP contribution in [0.4, 0.5) is 0 Å². The second kappa shape index (κ2) is 12.6. The van der Waals surface area contributed by atoms with E-state index in [1.54, 1.807) is 12.0 Å². The smallest absolute Gasteiger partial charge is 0.243 e. The highest BCUT2D eigenvalue weighted by atomic mass is 16.5. The Labute approximate surface area is 214 Å². The van der Waals surface area contributed by atoms with Gasteiger partial charge >= 0.3 is 0 Å². The highest BCUT2D eigenvalue weighted by molar-refractivity contribution is 5.89. The number of nitrogens with one attached hydrogen (secondary N) is 1. The van der Waals surface area contributed by atoms with Gasteiger partial charge in [-0.2, -0.15) is 0 Å². The van der Waals surface area contributed by atoms with Gasteiger partial charge in [0, 0.05) is 19.0 Å². The molecule has 3 aromatic rings. The normalized spacial score (nSPS) is 14.8. The maximum atomic E-state index is 13.7. The molecular weight excluding hydrogens is 448 g/mol. The van der Waals surface area contributed by atoms with Crippen molar-refractivity contribution in [3.8, 4) is 5.75 Å². The van der Waals surface area contributed by atoms with Gasteiger partial charge in [-0.3, -0.25) is 9.59 Å². The molecular formula is C31H38N2O3. The molecule has 0 bridgehead atoms. The van der Waals surface area contributed by atoms with Crippen molar-refractivity contribution in [1.29, 1.82) is 0 Å². The highest BCUT2D eigenvalue weighted by Crippen LogP contribution is 2.23. The molecule has 1 aliphatic carbocycles. The molecule has 4 rings (SSSR count). The van der Waals surface area contributed by atoms with Crippen LogP contribution in [0.1, 0.15) is 63.0 Å². The summed E-state index contributed by atoms with van der Waals surface area (Å²) in [5.41, 5.74) is 2.11. The number of hydrogen-bond donors (Lipinski definition) is 1. The minimum absolute atomic E-state index is 0.00333. The van der Waals surface area contributed by atoms with E-state index >= 15 is 0 Å². The molecule has 1 fully saturated rings. The fraction of sp³-hybridized carbons (Fsp3) is 0.419. The van der Waals surface area contributed by atoms with Gasteiger partial charge in [-0.05, 0) is 59.7 Å². The van der Waals surface area contributed by atoms with Crippen molar-refractivity contribution < 1.29 is 14.3 Å². The van der Waals surface area contributed by atoms with Crippen molar-refractivity contribution >= 4 is 22.6 Å². The largest absolute Gasteiger partial charge is 0.497 e. The SMILES string of the molecule is CC[C@H](C(=O)NC1CCCCC1)N(Cc1cccc(OC)c1)C(=O)CCc1cccc2ccccc12. The summed E-state index contributed by atoms with van der Waals surface area (Å²) in [5, 5.41) is 5.60. The van der Waals surface area contributed by atoms with E-state index in [1.165, 1.54) is 17.2 Å². The van der Waals surface area contributed by atoms with E-state index in [-0.39, 0.29) is 17.9 Å². The molecule has 0 aromatic heterocycles. The van der Waals surface area contributed by atoms with Crippen LogP contribution in [0.15, 0.2) is 66.7 Å². The number of hydrogen-bond acceptors (Lipinski definition) is 3. The maximum Gasteiger partial charge on any atom is 0.243 e. The van der Waals surface area contributed by atoms with Crippen LogP contribution in [0.5, 0.6) is 5.75 Å². The minimum atomic E-state index is -0.502. The molecule has 2 amide bonds. The summed E-state index contributed by atoms with van der Waals surface area (Å²) in [6.45, 7) is 2.36. The van der Waals surface area contributed by atoms with Crippen LogP contribution in [-0.4, -0.2) is 35.9 Å². The summed E-state index contributed by atoms with van der Waals surface area (Å²) >= 11 is 0. The number of carbonyl (C=O) groups is 2. The van der Waals surface area contributed by atoms with Crippen LogP contribution >= 0.6 is 0 Å². The molecule has 1 saturated carbocycles. The van der Waals surface area contributed by atoms with Gasteiger partial charge in [-0.1, -0.05) is 80.8 Å². The Kier molecular flexibility index (Phi) is 8.99. The number of aryl methyl sites for hydroxylation is 1. The summed E-state index contributed by atoms with van der Waals surface area (Å²) < 4.78 is 5.40. The molecule has 1 N–H and O–H groups in total. The van der Waals surface area contributed by atoms with Gasteiger partial charge in [0.25, 0.3) is 0 Å². The van der Waals surface area contributed by atoms with E-state index < -0.39 is 6.04 Å². The minimum Gasteiger partial charge on any atom is -0.497 e. The molecule has 1 atom stereocenters. The lowest BCUT2D eigenvalue weighted by Crippen LogP contribution is -2.51. The fourth-order valence-electron chi connectivity index (χ4n) is 5.33. The molecule has 0 unspecified atom stereocenters. The van der Waals surface area contributed by atoms with Crippen LogP contribution < -0.4 is 10.1 Å². The van der Waals surface area contributed by atoms with E-state index in [0.29, 0.717) is 25.8 Å². The van der Waals surface area contributed by atoms with Crippen LogP contribution in [-0.2, 0) is 22.6 Å². The lowest BCUT2D eigenvalue weighted by molar-refractivity contribution is -0.141. The van der Waals surface area contributed by atoms with Gasteiger partial charge in [0.15, 0.2) is 0 Å². The molecule has 0 saturated heterocycles. The van der Waals surface area contributed by atoms with Crippen LogP contribution in [0.25, 0.3) is 10.8 Å². The van der Waals surface area contributed by atoms with Gasteiger partial charge < -0.3 is 15.0 Å². The predicted octanol–water partition coefficient (Wildman–Crippen LogP) is 6.04. The van der Waals surface area contributed by atoms with Gasteiger partial charge in [-0.25, -0.2) is 0 Å². The predicted molar refractivity (Wildman–Crippen MR) is 145 cm³/mol. The average Bonchev–Trinajstić information content (AvgIpc) is 2.92. The number of rotatable bonds is 10. The van der Waals surface area contributed by atoms with Crippen LogP contribution in [0, 0.1) is 0 Å². The number of carbonyl (C=O) groups excluding carboxylic acids is 2. The monoisotopic (exact) mass is 486 g/mol. The zero-order valence-corrected chi connectivity index (χ0v) is 21.5. The van der Waals surface area contributed by atoms with E-state index in [0.717, 1.165) is 42.6 Å². The molecule has 5 nitrogen and oxygen atoms in total. The maximum absolute atomic E-state index is 13.7. The number of nitrogens with zero attached hydrogens (tertiary/aromatic N) is 1. The third-order valence-corrected chi connectivity index (χ3v) is 7.31. The number of benzene rings is 3. The van der Waals surface area contributed by atoms with Gasteiger partial charge in [0.05, 0.1) is 7.11 Å². The molecule has 0 spiro atoms. The van der Waals surface area contributed by atoms with E-state index in [1.807, 2.05) is 49.4 Å². The summed E-state index contributed by atoms with van der Waals surface area (Å²) in [6, 6.07) is 22.0. The standard InChI is InChI=1S/C31H38N2O3/c1-3-29(31(35)32-26-15-5-4-6-16-26)33(22-23-11-9-17-27(21-23)36-2)30(34)20-19-25-14-10-13-24-12-7-8-18-28(24)25/h7-14,17-18,21,26,29H,3-6,15-16,19-20,22H2,1-2H3,(H,32,35)/t29-/m1/s1. The Bertz CT molecular complexity index is 1160. The van der Waals surface area contributed by atoms with E-state index in [4.69, 9.17) is 4.74 Å². The number of amides is 2. The Balaban J connectivity index is 1.54. The zero-order chi connectivity index (χ0) is 25.3. The first kappa shape index (κ1) is 25.7. The van der Waals surface area contributed by atoms with Crippen molar-refractivity contribution in [2.75, 3.05) is 7.11 Å². The van der Waals surface area contributed by atoms with E-state index in [2.05, 4.69) is 29.6 Å². The molecule has 0 radical (unpaired) electrons. The van der Waals surface area contributed by atoms with Gasteiger partial charge in [-0.15, -0.1) is 0 Å². The van der Waals surface area contributed by atoms with Crippen molar-refractivity contribution in [2.24, 2.45) is 0 Å². The first-order valence-electron chi connectivity index (χ1n) is 13.3. The topological polar surface area (TPSA) is 58.6 Å². The van der Waals surface area contributed by atoms with Gasteiger partial charge in [0.2, 0.25) is 11.8 Å². The molecule has 0 aliphatic heterocycles. The lowest BCUT2D eigenvalue weighted by atomic mass is 9.95. The second-order valence-electron chi connectivity index (χ2n) is 9.78. The van der Waals surface area contributed by atoms with Crippen LogP contribution in [0.2, 0.25) is 0 Å². The summed E-state index contributed by atoms with van der Waals surface area (Å²) in [4.78, 5) is 28.9. The second-order valence-corrected chi connectivity index (χ2v) is 9.78. The number of ether oxygens (including phenoxy) is 1. The van der Waals surface area contributed by atoms with Gasteiger partial charge in [0.1, 0.15) is 11.8 Å². The lowest BCUT2D eigenvalue weighted by Gasteiger charge is -2.33. The zero-order valence-electron chi connectivity index (χ0n) is 21.5. The van der Waals surface area contributed by atoms with Crippen LogP contribution in [0.3, 0.4) is 0 Å². The third-order valence-electron chi connectivity index (χ3n) is 7.31. The Morgan fingerprint density at radius 2 is 1.75 bits per heavy atom. The molecule has 36 heavy (non-hydrogen) atoms. The molecule has 5 heteroatoms. The first-order valence-corrected chi connectivity index (χ1v) is 13.3. The first-order chi connectivity index (χ1) is 17.6. The van der Waals surface area contributed by atoms with E-state index in [9.17, 15) is 9.59 Å². The summed E-state index contributed by atoms with van der Waals surface area (Å²) in [7, 11) is 1.64. The van der Waals surface area contributed by atoms with Crippen molar-refractivity contribution in [1.82, 2.24) is 10.2 Å². The van der Waals surface area contributed by atoms with Crippen molar-refractivity contribution in [3.63, 3.8) is 0 Å². The Morgan fingerprint density at radius 1 is 1.00 bits per heavy atom. The molecule has 0 heterocycles. The Hall–Kier alpha value is -3.34. The number of methoxy groups -OCH3 is 1. The fourth-order valence-corrected chi connectivity index (χ4v) is 5.33. The highest BCUT2D eigenvalue weighted by Gasteiger charge is 2.30. The van der Waals surface area contributed by atoms with Crippen molar-refractivity contribution in [3.05, 3.63) is 77.9 Å². The Morgan fingerprint density at radius 3 is 2.53 bits per heavy atom. The summed E-state index contributed by atoms with van der Waals surface area (Å²) in [6.07, 6.45) is 7.14. The number of fused-ring (bicyclic) bond motifs is 1. The molecule has 1 aliphatic rings.